The molecule has 0 spiro atoms. The molecule has 0 atom stereocenters. The number of nitrogens with zero attached hydrogens (tertiary/aromatic N) is 2. The molecule has 1 saturated heterocycles. The number of ether oxygens (including phenoxy) is 2. The van der Waals surface area contributed by atoms with E-state index in [2.05, 4.69) is 5.32 Å². The number of nitrogens with one attached hydrogen (secondary N) is 1. The smallest absolute Gasteiger partial charge is 0.341 e. The van der Waals surface area contributed by atoms with Crippen molar-refractivity contribution in [1.29, 1.82) is 0 Å². The van der Waals surface area contributed by atoms with Gasteiger partial charge in [0.15, 0.2) is 0 Å². The van der Waals surface area contributed by atoms with Crippen molar-refractivity contribution >= 4 is 34.1 Å². The molecule has 1 aliphatic carbocycles. The predicted molar refractivity (Wildman–Crippen MR) is 106 cm³/mol. The third-order valence-corrected chi connectivity index (χ3v) is 6.20. The van der Waals surface area contributed by atoms with Gasteiger partial charge in [-0.25, -0.2) is 4.79 Å². The molecule has 2 aliphatic rings. The van der Waals surface area contributed by atoms with E-state index in [1.54, 1.807) is 16.8 Å². The fourth-order valence-corrected chi connectivity index (χ4v) is 4.88. The van der Waals surface area contributed by atoms with Crippen molar-refractivity contribution in [2.45, 2.75) is 25.7 Å². The van der Waals surface area contributed by atoms with E-state index >= 15 is 0 Å². The van der Waals surface area contributed by atoms with Gasteiger partial charge in [0.25, 0.3) is 0 Å². The first kappa shape index (κ1) is 20.8. The number of hydrogen-bond acceptors (Lipinski definition) is 7. The van der Waals surface area contributed by atoms with Gasteiger partial charge in [0.2, 0.25) is 11.8 Å². The summed E-state index contributed by atoms with van der Waals surface area (Å²) in [6, 6.07) is 0. The van der Waals surface area contributed by atoms with E-state index in [9.17, 15) is 14.4 Å². The Morgan fingerprint density at radius 1 is 1.18 bits per heavy atom. The zero-order valence-electron chi connectivity index (χ0n) is 16.4. The minimum absolute atomic E-state index is 0.0135. The molecule has 28 heavy (non-hydrogen) atoms. The lowest BCUT2D eigenvalue weighted by Gasteiger charge is -2.28. The number of rotatable bonds is 6. The number of likely N-dealkylation sites (N-methyl/N-ethyl adjacent to an activating group) is 1. The largest absolute Gasteiger partial charge is 0.465 e. The summed E-state index contributed by atoms with van der Waals surface area (Å²) in [6.07, 6.45) is 3.88. The minimum atomic E-state index is -0.412. The Morgan fingerprint density at radius 2 is 1.89 bits per heavy atom. The number of aryl methyl sites for hydroxylation is 1. The third-order valence-electron chi connectivity index (χ3n) is 5.00. The number of morpholine rings is 1. The molecule has 8 nitrogen and oxygen atoms in total. The SMILES string of the molecule is COC(=O)c1c(NC(=O)CN(C)CC(=O)N2CCOCC2)sc2c1CCCC2. The summed E-state index contributed by atoms with van der Waals surface area (Å²) in [5, 5.41) is 3.41. The highest BCUT2D eigenvalue weighted by Gasteiger charge is 2.27. The molecule has 0 aromatic carbocycles. The molecule has 3 rings (SSSR count). The topological polar surface area (TPSA) is 88.2 Å². The second-order valence-electron chi connectivity index (χ2n) is 7.12. The predicted octanol–water partition coefficient (Wildman–Crippen LogP) is 1.14. The van der Waals surface area contributed by atoms with Gasteiger partial charge in [-0.05, 0) is 38.3 Å². The standard InChI is InChI=1S/C19H27N3O5S/c1-21(12-16(24)22-7-9-27-10-8-22)11-15(23)20-18-17(19(25)26-2)13-5-3-4-6-14(13)28-18/h3-12H2,1-2H3,(H,20,23). The summed E-state index contributed by atoms with van der Waals surface area (Å²) in [5.41, 5.74) is 1.50. The van der Waals surface area contributed by atoms with E-state index in [-0.39, 0.29) is 24.9 Å². The van der Waals surface area contributed by atoms with Gasteiger partial charge >= 0.3 is 5.97 Å². The van der Waals surface area contributed by atoms with Gasteiger partial charge in [-0.1, -0.05) is 0 Å². The molecular weight excluding hydrogens is 382 g/mol. The van der Waals surface area contributed by atoms with Crippen molar-refractivity contribution in [3.63, 3.8) is 0 Å². The maximum atomic E-state index is 12.5. The average molecular weight is 410 g/mol. The van der Waals surface area contributed by atoms with Crippen LogP contribution in [0.25, 0.3) is 0 Å². The summed E-state index contributed by atoms with van der Waals surface area (Å²) in [4.78, 5) is 41.6. The number of fused-ring (bicyclic) bond motifs is 1. The van der Waals surface area contributed by atoms with Crippen molar-refractivity contribution in [3.05, 3.63) is 16.0 Å². The van der Waals surface area contributed by atoms with Crippen molar-refractivity contribution in [2.75, 3.05) is 58.9 Å². The summed E-state index contributed by atoms with van der Waals surface area (Å²) in [6.45, 7) is 2.51. The number of carbonyl (C=O) groups excluding carboxylic acids is 3. The van der Waals surface area contributed by atoms with E-state index in [0.29, 0.717) is 36.9 Å². The Labute approximate surface area is 168 Å². The molecule has 1 fully saturated rings. The molecule has 0 unspecified atom stereocenters. The van der Waals surface area contributed by atoms with Crippen LogP contribution in [0.3, 0.4) is 0 Å². The van der Waals surface area contributed by atoms with Crippen LogP contribution in [-0.4, -0.2) is 81.1 Å². The Balaban J connectivity index is 1.60. The molecule has 9 heteroatoms. The first-order valence-corrected chi connectivity index (χ1v) is 10.4. The molecule has 0 radical (unpaired) electrons. The normalized spacial score (nSPS) is 16.6. The highest BCUT2D eigenvalue weighted by atomic mass is 32.1. The van der Waals surface area contributed by atoms with E-state index in [0.717, 1.165) is 36.1 Å². The molecule has 1 aliphatic heterocycles. The maximum absolute atomic E-state index is 12.5. The molecule has 2 heterocycles. The molecule has 2 amide bonds. The third kappa shape index (κ3) is 4.89. The number of carbonyl (C=O) groups is 3. The van der Waals surface area contributed by atoms with Crippen LogP contribution in [0.2, 0.25) is 0 Å². The zero-order valence-corrected chi connectivity index (χ0v) is 17.2. The van der Waals surface area contributed by atoms with Crippen molar-refractivity contribution in [3.8, 4) is 0 Å². The Kier molecular flexibility index (Phi) is 7.03. The van der Waals surface area contributed by atoms with Gasteiger partial charge in [0, 0.05) is 18.0 Å². The van der Waals surface area contributed by atoms with Crippen LogP contribution in [0.5, 0.6) is 0 Å². The zero-order chi connectivity index (χ0) is 20.1. The second kappa shape index (κ2) is 9.49. The van der Waals surface area contributed by atoms with E-state index in [1.165, 1.54) is 18.4 Å². The number of anilines is 1. The lowest BCUT2D eigenvalue weighted by Crippen LogP contribution is -2.46. The average Bonchev–Trinajstić information content (AvgIpc) is 3.05. The fourth-order valence-electron chi connectivity index (χ4n) is 3.58. The highest BCUT2D eigenvalue weighted by molar-refractivity contribution is 7.17. The van der Waals surface area contributed by atoms with Gasteiger partial charge in [-0.15, -0.1) is 11.3 Å². The molecule has 154 valence electrons. The van der Waals surface area contributed by atoms with E-state index < -0.39 is 5.97 Å². The molecule has 1 aromatic heterocycles. The van der Waals surface area contributed by atoms with Crippen LogP contribution >= 0.6 is 11.3 Å². The first-order chi connectivity index (χ1) is 13.5. The van der Waals surface area contributed by atoms with Gasteiger partial charge in [0.1, 0.15) is 5.00 Å². The number of thiophene rings is 1. The molecule has 0 bridgehead atoms. The molecule has 1 aromatic rings. The number of methoxy groups -OCH3 is 1. The Hall–Kier alpha value is -1.97. The van der Waals surface area contributed by atoms with E-state index in [1.807, 2.05) is 0 Å². The first-order valence-electron chi connectivity index (χ1n) is 9.56. The van der Waals surface area contributed by atoms with Crippen LogP contribution in [0.4, 0.5) is 5.00 Å². The van der Waals surface area contributed by atoms with E-state index in [4.69, 9.17) is 9.47 Å². The molecule has 1 N–H and O–H groups in total. The van der Waals surface area contributed by atoms with Crippen LogP contribution in [0.1, 0.15) is 33.6 Å². The summed E-state index contributed by atoms with van der Waals surface area (Å²) >= 11 is 1.46. The second-order valence-corrected chi connectivity index (χ2v) is 8.23. The van der Waals surface area contributed by atoms with Crippen molar-refractivity contribution < 1.29 is 23.9 Å². The maximum Gasteiger partial charge on any atom is 0.341 e. The monoisotopic (exact) mass is 409 g/mol. The van der Waals surface area contributed by atoms with Gasteiger partial charge in [-0.2, -0.15) is 0 Å². The Bertz CT molecular complexity index is 742. The Morgan fingerprint density at radius 3 is 2.61 bits per heavy atom. The van der Waals surface area contributed by atoms with Crippen LogP contribution in [0, 0.1) is 0 Å². The van der Waals surface area contributed by atoms with Crippen molar-refractivity contribution in [2.24, 2.45) is 0 Å². The number of esters is 1. The van der Waals surface area contributed by atoms with Gasteiger partial charge in [-0.3, -0.25) is 14.5 Å². The lowest BCUT2D eigenvalue weighted by molar-refractivity contribution is -0.136. The minimum Gasteiger partial charge on any atom is -0.465 e. The van der Waals surface area contributed by atoms with Crippen LogP contribution < -0.4 is 5.32 Å². The van der Waals surface area contributed by atoms with Crippen molar-refractivity contribution in [1.82, 2.24) is 9.80 Å². The lowest BCUT2D eigenvalue weighted by atomic mass is 9.95. The number of hydrogen-bond donors (Lipinski definition) is 1. The van der Waals surface area contributed by atoms with Crippen LogP contribution in [0.15, 0.2) is 0 Å². The summed E-state index contributed by atoms with van der Waals surface area (Å²) < 4.78 is 10.2. The highest BCUT2D eigenvalue weighted by Crippen LogP contribution is 2.38. The molecular formula is C19H27N3O5S. The van der Waals surface area contributed by atoms with Crippen LogP contribution in [-0.2, 0) is 31.9 Å². The quantitative estimate of drug-likeness (QED) is 0.709. The fraction of sp³-hybridized carbons (Fsp3) is 0.632. The van der Waals surface area contributed by atoms with Gasteiger partial charge in [0.05, 0.1) is 39.0 Å². The van der Waals surface area contributed by atoms with Gasteiger partial charge < -0.3 is 19.7 Å². The molecule has 0 saturated carbocycles. The summed E-state index contributed by atoms with van der Waals surface area (Å²) in [5.74, 6) is -0.674. The summed E-state index contributed by atoms with van der Waals surface area (Å²) in [7, 11) is 3.09. The number of amides is 2.